The Morgan fingerprint density at radius 1 is 1.03 bits per heavy atom. The third-order valence-corrected chi connectivity index (χ3v) is 5.68. The number of amides is 3. The molecule has 2 aromatic rings. The number of nitrogens with one attached hydrogen (secondary N) is 1. The van der Waals surface area contributed by atoms with E-state index in [0.717, 1.165) is 11.1 Å². The summed E-state index contributed by atoms with van der Waals surface area (Å²) in [5.41, 5.74) is 7.73. The zero-order valence-electron chi connectivity index (χ0n) is 20.3. The maximum absolute atomic E-state index is 13.4. The van der Waals surface area contributed by atoms with Crippen LogP contribution in [0.25, 0.3) is 0 Å². The van der Waals surface area contributed by atoms with Crippen LogP contribution in [0.2, 0.25) is 0 Å². The first-order valence-electron chi connectivity index (χ1n) is 11.4. The van der Waals surface area contributed by atoms with Crippen LogP contribution < -0.4 is 15.8 Å². The van der Waals surface area contributed by atoms with Crippen molar-refractivity contribution in [3.63, 3.8) is 0 Å². The summed E-state index contributed by atoms with van der Waals surface area (Å²) in [6.45, 7) is 7.16. The lowest BCUT2D eigenvalue weighted by molar-refractivity contribution is -0.142. The van der Waals surface area contributed by atoms with Crippen molar-refractivity contribution in [2.75, 3.05) is 20.2 Å². The summed E-state index contributed by atoms with van der Waals surface area (Å²) in [6, 6.07) is 14.4. The fourth-order valence-electron chi connectivity index (χ4n) is 4.01. The standard InChI is InChI=1S/C26H34N4O4/c1-26(2,3)15-22(31)29-11-12-30(25(33)20-9-6-10-21(14-20)34-4)24(29)23(32)28-17-19-8-5-7-18(13-19)16-27/h5-10,13-14,24H,11-12,15-17,27H2,1-4H3,(H,28,32). The molecule has 182 valence electrons. The van der Waals surface area contributed by atoms with Gasteiger partial charge in [-0.1, -0.05) is 51.1 Å². The van der Waals surface area contributed by atoms with Crippen LogP contribution in [0, 0.1) is 5.41 Å². The third kappa shape index (κ3) is 6.14. The zero-order chi connectivity index (χ0) is 24.9. The molecule has 3 rings (SSSR count). The van der Waals surface area contributed by atoms with E-state index >= 15 is 0 Å². The normalized spacial score (nSPS) is 15.9. The number of benzene rings is 2. The van der Waals surface area contributed by atoms with Gasteiger partial charge < -0.3 is 25.6 Å². The Kier molecular flexibility index (Phi) is 7.94. The van der Waals surface area contributed by atoms with Gasteiger partial charge in [0.25, 0.3) is 11.8 Å². The molecular weight excluding hydrogens is 432 g/mol. The van der Waals surface area contributed by atoms with Gasteiger partial charge in [-0.2, -0.15) is 0 Å². The van der Waals surface area contributed by atoms with Crippen LogP contribution in [0.15, 0.2) is 48.5 Å². The molecule has 3 N–H and O–H groups in total. The van der Waals surface area contributed by atoms with Crippen molar-refractivity contribution in [1.82, 2.24) is 15.1 Å². The molecule has 1 saturated heterocycles. The molecule has 1 aliphatic heterocycles. The van der Waals surface area contributed by atoms with Crippen LogP contribution in [0.3, 0.4) is 0 Å². The van der Waals surface area contributed by atoms with Gasteiger partial charge in [0, 0.05) is 38.2 Å². The monoisotopic (exact) mass is 466 g/mol. The largest absolute Gasteiger partial charge is 0.497 e. The highest BCUT2D eigenvalue weighted by Crippen LogP contribution is 2.26. The number of nitrogens with zero attached hydrogens (tertiary/aromatic N) is 2. The van der Waals surface area contributed by atoms with Crippen LogP contribution >= 0.6 is 0 Å². The van der Waals surface area contributed by atoms with E-state index in [-0.39, 0.29) is 36.7 Å². The number of carbonyl (C=O) groups excluding carboxylic acids is 3. The van der Waals surface area contributed by atoms with Crippen molar-refractivity contribution < 1.29 is 19.1 Å². The van der Waals surface area contributed by atoms with Gasteiger partial charge in [0.2, 0.25) is 5.91 Å². The number of rotatable bonds is 7. The molecule has 34 heavy (non-hydrogen) atoms. The minimum Gasteiger partial charge on any atom is -0.497 e. The lowest BCUT2D eigenvalue weighted by atomic mass is 9.91. The van der Waals surface area contributed by atoms with E-state index in [1.807, 2.05) is 45.0 Å². The van der Waals surface area contributed by atoms with Gasteiger partial charge >= 0.3 is 0 Å². The second-order valence-electron chi connectivity index (χ2n) is 9.67. The average Bonchev–Trinajstić information content (AvgIpc) is 3.26. The van der Waals surface area contributed by atoms with Crippen LogP contribution in [0.5, 0.6) is 5.75 Å². The highest BCUT2D eigenvalue weighted by atomic mass is 16.5. The Bertz CT molecular complexity index is 1050. The minimum atomic E-state index is -1.02. The molecule has 3 amide bonds. The molecule has 1 heterocycles. The van der Waals surface area contributed by atoms with Crippen molar-refractivity contribution >= 4 is 17.7 Å². The van der Waals surface area contributed by atoms with Crippen molar-refractivity contribution in [2.45, 2.75) is 46.4 Å². The fourth-order valence-corrected chi connectivity index (χ4v) is 4.01. The van der Waals surface area contributed by atoms with Gasteiger partial charge in [0.05, 0.1) is 7.11 Å². The molecular formula is C26H34N4O4. The Balaban J connectivity index is 1.84. The molecule has 0 spiro atoms. The molecule has 1 unspecified atom stereocenters. The molecule has 8 heteroatoms. The van der Waals surface area contributed by atoms with E-state index in [2.05, 4.69) is 5.32 Å². The summed E-state index contributed by atoms with van der Waals surface area (Å²) in [5.74, 6) is -0.324. The maximum Gasteiger partial charge on any atom is 0.264 e. The van der Waals surface area contributed by atoms with Crippen molar-refractivity contribution in [2.24, 2.45) is 11.1 Å². The quantitative estimate of drug-likeness (QED) is 0.652. The summed E-state index contributed by atoms with van der Waals surface area (Å²) < 4.78 is 5.24. The summed E-state index contributed by atoms with van der Waals surface area (Å²) in [6.07, 6.45) is -0.748. The topological polar surface area (TPSA) is 105 Å². The Hall–Kier alpha value is -3.39. The smallest absolute Gasteiger partial charge is 0.264 e. The zero-order valence-corrected chi connectivity index (χ0v) is 20.3. The predicted octanol–water partition coefficient (Wildman–Crippen LogP) is 2.52. The Morgan fingerprint density at radius 3 is 2.38 bits per heavy atom. The molecule has 0 bridgehead atoms. The van der Waals surface area contributed by atoms with Crippen LogP contribution in [-0.2, 0) is 22.7 Å². The maximum atomic E-state index is 13.4. The van der Waals surface area contributed by atoms with Gasteiger partial charge in [-0.25, -0.2) is 0 Å². The molecule has 0 aromatic heterocycles. The van der Waals surface area contributed by atoms with Crippen molar-refractivity contribution in [1.29, 1.82) is 0 Å². The molecule has 8 nitrogen and oxygen atoms in total. The summed E-state index contributed by atoms with van der Waals surface area (Å²) in [5, 5.41) is 2.91. The predicted molar refractivity (Wildman–Crippen MR) is 130 cm³/mol. The third-order valence-electron chi connectivity index (χ3n) is 5.68. The fraction of sp³-hybridized carbons (Fsp3) is 0.423. The molecule has 0 saturated carbocycles. The van der Waals surface area contributed by atoms with Crippen molar-refractivity contribution in [3.05, 3.63) is 65.2 Å². The molecule has 0 aliphatic carbocycles. The number of ether oxygens (including phenoxy) is 1. The van der Waals surface area contributed by atoms with E-state index in [4.69, 9.17) is 10.5 Å². The van der Waals surface area contributed by atoms with Crippen molar-refractivity contribution in [3.8, 4) is 5.75 Å². The number of nitrogens with two attached hydrogens (primary N) is 1. The molecule has 0 radical (unpaired) electrons. The van der Waals surface area contributed by atoms with Crippen LogP contribution in [0.1, 0.15) is 48.7 Å². The van der Waals surface area contributed by atoms with Gasteiger partial charge in [-0.3, -0.25) is 14.4 Å². The highest BCUT2D eigenvalue weighted by Gasteiger charge is 2.43. The number of methoxy groups -OCH3 is 1. The van der Waals surface area contributed by atoms with E-state index < -0.39 is 12.1 Å². The second-order valence-corrected chi connectivity index (χ2v) is 9.67. The molecule has 1 fully saturated rings. The number of carbonyl (C=O) groups is 3. The first kappa shape index (κ1) is 25.2. The SMILES string of the molecule is COc1cccc(C(=O)N2CCN(C(=O)CC(C)(C)C)C2C(=O)NCc2cccc(CN)c2)c1. The highest BCUT2D eigenvalue weighted by molar-refractivity contribution is 5.99. The summed E-state index contributed by atoms with van der Waals surface area (Å²) in [4.78, 5) is 42.8. The lowest BCUT2D eigenvalue weighted by Crippen LogP contribution is -2.54. The van der Waals surface area contributed by atoms with Crippen LogP contribution in [-0.4, -0.2) is 53.9 Å². The van der Waals surface area contributed by atoms with E-state index in [9.17, 15) is 14.4 Å². The first-order valence-corrected chi connectivity index (χ1v) is 11.4. The number of hydrogen-bond acceptors (Lipinski definition) is 5. The molecule has 1 atom stereocenters. The van der Waals surface area contributed by atoms with Gasteiger partial charge in [-0.05, 0) is 34.7 Å². The summed E-state index contributed by atoms with van der Waals surface area (Å²) in [7, 11) is 1.53. The first-order chi connectivity index (χ1) is 16.1. The molecule has 1 aliphatic rings. The minimum absolute atomic E-state index is 0.154. The Morgan fingerprint density at radius 2 is 1.71 bits per heavy atom. The van der Waals surface area contributed by atoms with E-state index in [0.29, 0.717) is 24.4 Å². The second kappa shape index (κ2) is 10.7. The Labute approximate surface area is 201 Å². The molecule has 2 aromatic carbocycles. The van der Waals surface area contributed by atoms with Gasteiger partial charge in [-0.15, -0.1) is 0 Å². The van der Waals surface area contributed by atoms with E-state index in [1.54, 1.807) is 24.3 Å². The van der Waals surface area contributed by atoms with E-state index in [1.165, 1.54) is 16.9 Å². The van der Waals surface area contributed by atoms with Gasteiger partial charge in [0.15, 0.2) is 6.17 Å². The summed E-state index contributed by atoms with van der Waals surface area (Å²) >= 11 is 0. The lowest BCUT2D eigenvalue weighted by Gasteiger charge is -2.31. The average molecular weight is 467 g/mol. The number of hydrogen-bond donors (Lipinski definition) is 2. The van der Waals surface area contributed by atoms with Crippen LogP contribution in [0.4, 0.5) is 0 Å². The van der Waals surface area contributed by atoms with Gasteiger partial charge in [0.1, 0.15) is 5.75 Å².